The molecule has 0 bridgehead atoms. The minimum absolute atomic E-state index is 0.238. The molecule has 5 rings (SSSR count). The van der Waals surface area contributed by atoms with Crippen molar-refractivity contribution < 1.29 is 4.39 Å². The number of rotatable bonds is 4. The highest BCUT2D eigenvalue weighted by Crippen LogP contribution is 2.34. The van der Waals surface area contributed by atoms with Crippen LogP contribution >= 0.6 is 0 Å². The summed E-state index contributed by atoms with van der Waals surface area (Å²) >= 11 is 0. The van der Waals surface area contributed by atoms with Gasteiger partial charge in [-0.2, -0.15) is 0 Å². The van der Waals surface area contributed by atoms with Crippen molar-refractivity contribution in [3.05, 3.63) is 54.1 Å². The van der Waals surface area contributed by atoms with Gasteiger partial charge in [-0.25, -0.2) is 19.3 Å². The highest BCUT2D eigenvalue weighted by Gasteiger charge is 2.40. The van der Waals surface area contributed by atoms with Crippen molar-refractivity contribution in [3.63, 3.8) is 0 Å². The van der Waals surface area contributed by atoms with Crippen LogP contribution in [0.15, 0.2) is 36.9 Å². The Bertz CT molecular complexity index is 985. The second-order valence-corrected chi connectivity index (χ2v) is 8.42. The average molecular weight is 380 g/mol. The highest BCUT2D eigenvalue weighted by molar-refractivity contribution is 5.42. The van der Waals surface area contributed by atoms with Crippen molar-refractivity contribution in [2.24, 2.45) is 11.8 Å². The van der Waals surface area contributed by atoms with Crippen LogP contribution in [0.25, 0.3) is 5.65 Å². The molecule has 6 nitrogen and oxygen atoms in total. The van der Waals surface area contributed by atoms with Crippen LogP contribution in [0.2, 0.25) is 0 Å². The third-order valence-corrected chi connectivity index (χ3v) is 6.00. The van der Waals surface area contributed by atoms with Crippen LogP contribution in [0.3, 0.4) is 0 Å². The molecule has 0 aliphatic carbocycles. The molecule has 5 heterocycles. The van der Waals surface area contributed by atoms with E-state index in [0.29, 0.717) is 17.8 Å². The van der Waals surface area contributed by atoms with Gasteiger partial charge in [-0.05, 0) is 29.9 Å². The monoisotopic (exact) mass is 380 g/mol. The normalized spacial score (nSPS) is 22.5. The van der Waals surface area contributed by atoms with Crippen molar-refractivity contribution in [2.75, 3.05) is 31.1 Å². The van der Waals surface area contributed by atoms with Crippen LogP contribution in [0, 0.1) is 17.7 Å². The summed E-state index contributed by atoms with van der Waals surface area (Å²) in [6.07, 6.45) is 5.11. The van der Waals surface area contributed by atoms with Gasteiger partial charge in [0.15, 0.2) is 0 Å². The third kappa shape index (κ3) is 3.24. The van der Waals surface area contributed by atoms with Crippen LogP contribution in [0.5, 0.6) is 0 Å². The van der Waals surface area contributed by atoms with E-state index in [1.165, 1.54) is 12.3 Å². The molecular formula is C21H25FN6. The van der Waals surface area contributed by atoms with Crippen molar-refractivity contribution in [2.45, 2.75) is 26.3 Å². The smallest absolute Gasteiger partial charge is 0.139 e. The number of aromatic nitrogens is 4. The van der Waals surface area contributed by atoms with Crippen LogP contribution in [0.4, 0.5) is 10.2 Å². The number of pyridine rings is 1. The summed E-state index contributed by atoms with van der Waals surface area (Å²) in [5, 5.41) is 0. The van der Waals surface area contributed by atoms with Gasteiger partial charge in [0.05, 0.1) is 5.69 Å². The maximum atomic E-state index is 13.4. The molecule has 2 atom stereocenters. The van der Waals surface area contributed by atoms with Gasteiger partial charge in [0.1, 0.15) is 23.6 Å². The summed E-state index contributed by atoms with van der Waals surface area (Å²) in [6.45, 7) is 9.39. The second-order valence-electron chi connectivity index (χ2n) is 8.42. The molecule has 2 unspecified atom stereocenters. The van der Waals surface area contributed by atoms with Crippen LogP contribution in [0.1, 0.15) is 31.2 Å². The number of anilines is 1. The lowest BCUT2D eigenvalue weighted by Crippen LogP contribution is -2.29. The number of hydrogen-bond acceptors (Lipinski definition) is 5. The van der Waals surface area contributed by atoms with E-state index in [1.807, 2.05) is 6.20 Å². The number of nitrogens with zero attached hydrogens (tertiary/aromatic N) is 6. The summed E-state index contributed by atoms with van der Waals surface area (Å²) in [5.74, 6) is 2.55. The Kier molecular flexibility index (Phi) is 4.27. The first-order chi connectivity index (χ1) is 13.5. The van der Waals surface area contributed by atoms with Crippen molar-refractivity contribution in [1.29, 1.82) is 0 Å². The highest BCUT2D eigenvalue weighted by atomic mass is 19.1. The molecule has 3 aromatic rings. The molecule has 146 valence electrons. The quantitative estimate of drug-likeness (QED) is 0.697. The summed E-state index contributed by atoms with van der Waals surface area (Å²) in [6, 6.07) is 5.32. The predicted molar refractivity (Wildman–Crippen MR) is 106 cm³/mol. The number of imidazole rings is 1. The molecule has 0 spiro atoms. The number of halogens is 1. The molecule has 2 aliphatic heterocycles. The van der Waals surface area contributed by atoms with Crippen molar-refractivity contribution in [1.82, 2.24) is 24.3 Å². The first-order valence-corrected chi connectivity index (χ1v) is 9.97. The molecule has 0 N–H and O–H groups in total. The molecule has 7 heteroatoms. The van der Waals surface area contributed by atoms with E-state index in [2.05, 4.69) is 44.7 Å². The number of likely N-dealkylation sites (tertiary alicyclic amines) is 1. The van der Waals surface area contributed by atoms with Gasteiger partial charge in [0, 0.05) is 56.9 Å². The van der Waals surface area contributed by atoms with Gasteiger partial charge in [-0.15, -0.1) is 0 Å². The Labute approximate surface area is 164 Å². The lowest BCUT2D eigenvalue weighted by Gasteiger charge is -2.22. The fourth-order valence-corrected chi connectivity index (χ4v) is 4.58. The maximum Gasteiger partial charge on any atom is 0.139 e. The van der Waals surface area contributed by atoms with E-state index in [-0.39, 0.29) is 5.82 Å². The Morgan fingerprint density at radius 3 is 2.61 bits per heavy atom. The molecule has 0 amide bonds. The minimum Gasteiger partial charge on any atom is -0.356 e. The van der Waals surface area contributed by atoms with Gasteiger partial charge in [0.25, 0.3) is 0 Å². The fourth-order valence-electron chi connectivity index (χ4n) is 4.58. The molecule has 2 aliphatic rings. The van der Waals surface area contributed by atoms with E-state index >= 15 is 0 Å². The largest absolute Gasteiger partial charge is 0.356 e. The third-order valence-electron chi connectivity index (χ3n) is 6.00. The van der Waals surface area contributed by atoms with E-state index in [9.17, 15) is 4.39 Å². The van der Waals surface area contributed by atoms with Crippen LogP contribution in [-0.4, -0.2) is 50.4 Å². The summed E-state index contributed by atoms with van der Waals surface area (Å²) in [7, 11) is 0. The SMILES string of the molecule is CC(C)c1cc(N2CC3CN(Cc4cn5cc(F)ccc5n4)CC3C2)ncn1. The molecule has 28 heavy (non-hydrogen) atoms. The lowest BCUT2D eigenvalue weighted by atomic mass is 10.0. The van der Waals surface area contributed by atoms with Crippen molar-refractivity contribution in [3.8, 4) is 0 Å². The topological polar surface area (TPSA) is 49.6 Å². The Balaban J connectivity index is 1.23. The molecule has 2 saturated heterocycles. The Hall–Kier alpha value is -2.54. The van der Waals surface area contributed by atoms with Crippen molar-refractivity contribution >= 4 is 11.5 Å². The first-order valence-electron chi connectivity index (χ1n) is 9.97. The van der Waals surface area contributed by atoms with E-state index in [0.717, 1.165) is 55.6 Å². The second kappa shape index (κ2) is 6.81. The minimum atomic E-state index is -0.238. The van der Waals surface area contributed by atoms with E-state index in [1.54, 1.807) is 16.8 Å². The van der Waals surface area contributed by atoms with Gasteiger partial charge in [-0.3, -0.25) is 4.90 Å². The zero-order valence-electron chi connectivity index (χ0n) is 16.3. The van der Waals surface area contributed by atoms with E-state index in [4.69, 9.17) is 0 Å². The maximum absolute atomic E-state index is 13.4. The fraction of sp³-hybridized carbons (Fsp3) is 0.476. The standard InChI is InChI=1S/C21H25FN6/c1-14(2)19-5-21(24-13-23-19)27-8-15-6-26(7-16(15)9-27)11-18-12-28-10-17(22)3-4-20(28)25-18/h3-5,10,12-16H,6-9,11H2,1-2H3. The zero-order chi connectivity index (χ0) is 19.3. The van der Waals surface area contributed by atoms with Gasteiger partial charge in [-0.1, -0.05) is 13.8 Å². The molecule has 0 radical (unpaired) electrons. The molecule has 0 aromatic carbocycles. The van der Waals surface area contributed by atoms with E-state index < -0.39 is 0 Å². The van der Waals surface area contributed by atoms with Gasteiger partial charge < -0.3 is 9.30 Å². The van der Waals surface area contributed by atoms with Crippen LogP contribution < -0.4 is 4.90 Å². The summed E-state index contributed by atoms with van der Waals surface area (Å²) in [4.78, 5) is 18.4. The molecular weight excluding hydrogens is 355 g/mol. The average Bonchev–Trinajstić information content (AvgIpc) is 3.34. The van der Waals surface area contributed by atoms with Gasteiger partial charge >= 0.3 is 0 Å². The van der Waals surface area contributed by atoms with Gasteiger partial charge in [0.2, 0.25) is 0 Å². The number of hydrogen-bond donors (Lipinski definition) is 0. The molecule has 0 saturated carbocycles. The molecule has 3 aromatic heterocycles. The number of fused-ring (bicyclic) bond motifs is 2. The Morgan fingerprint density at radius 2 is 1.86 bits per heavy atom. The first kappa shape index (κ1) is 17.6. The summed E-state index contributed by atoms with van der Waals surface area (Å²) in [5.41, 5.74) is 2.90. The van der Waals surface area contributed by atoms with Crippen LogP contribution in [-0.2, 0) is 6.54 Å². The zero-order valence-corrected chi connectivity index (χ0v) is 16.3. The Morgan fingerprint density at radius 1 is 1.07 bits per heavy atom. The molecule has 2 fully saturated rings. The lowest BCUT2D eigenvalue weighted by molar-refractivity contribution is 0.305. The summed E-state index contributed by atoms with van der Waals surface area (Å²) < 4.78 is 15.1. The predicted octanol–water partition coefficient (Wildman–Crippen LogP) is 2.96.